The average molecular weight is 245 g/mol. The molecule has 1 unspecified atom stereocenters. The molecule has 1 rings (SSSR count). The van der Waals surface area contributed by atoms with Gasteiger partial charge in [-0.2, -0.15) is 0 Å². The number of hydrogen-bond acceptors (Lipinski definition) is 3. The highest BCUT2D eigenvalue weighted by molar-refractivity contribution is 6.30. The third-order valence-corrected chi connectivity index (χ3v) is 2.21. The molecule has 4 nitrogen and oxygen atoms in total. The van der Waals surface area contributed by atoms with Gasteiger partial charge in [-0.15, -0.1) is 0 Å². The van der Waals surface area contributed by atoms with Gasteiger partial charge in [0.2, 0.25) is 0 Å². The van der Waals surface area contributed by atoms with Crippen molar-refractivity contribution in [2.45, 2.75) is 12.7 Å². The zero-order valence-electron chi connectivity index (χ0n) is 8.85. The number of halogens is 1. The minimum absolute atomic E-state index is 0.0307. The highest BCUT2D eigenvalue weighted by Gasteiger charge is 2.17. The maximum Gasteiger partial charge on any atom is 0.335 e. The van der Waals surface area contributed by atoms with Crippen molar-refractivity contribution in [3.8, 4) is 0 Å². The molecule has 0 heterocycles. The SMILES string of the molecule is COCC(OCc1ccc(Cl)cc1)C(=O)O. The van der Waals surface area contributed by atoms with E-state index >= 15 is 0 Å². The Balaban J connectivity index is 2.48. The van der Waals surface area contributed by atoms with Gasteiger partial charge in [-0.3, -0.25) is 0 Å². The number of carbonyl (C=O) groups is 1. The number of hydrogen-bond donors (Lipinski definition) is 1. The molecule has 0 saturated carbocycles. The second-order valence-corrected chi connectivity index (χ2v) is 3.66. The molecule has 0 saturated heterocycles. The van der Waals surface area contributed by atoms with Crippen LogP contribution in [0.25, 0.3) is 0 Å². The Morgan fingerprint density at radius 1 is 1.44 bits per heavy atom. The predicted octanol–water partition coefficient (Wildman–Crippen LogP) is 1.96. The van der Waals surface area contributed by atoms with E-state index in [4.69, 9.17) is 26.2 Å². The highest BCUT2D eigenvalue weighted by atomic mass is 35.5. The molecule has 0 aromatic heterocycles. The summed E-state index contributed by atoms with van der Waals surface area (Å²) in [6, 6.07) is 7.03. The number of benzene rings is 1. The maximum atomic E-state index is 10.7. The van der Waals surface area contributed by atoms with Crippen LogP contribution in [0.1, 0.15) is 5.56 Å². The van der Waals surface area contributed by atoms with Crippen LogP contribution in [-0.2, 0) is 20.9 Å². The van der Waals surface area contributed by atoms with E-state index in [1.165, 1.54) is 7.11 Å². The smallest absolute Gasteiger partial charge is 0.335 e. The summed E-state index contributed by atoms with van der Waals surface area (Å²) in [4.78, 5) is 10.7. The number of ether oxygens (including phenoxy) is 2. The van der Waals surface area contributed by atoms with Crippen molar-refractivity contribution in [3.05, 3.63) is 34.9 Å². The first-order valence-electron chi connectivity index (χ1n) is 4.71. The van der Waals surface area contributed by atoms with Crippen LogP contribution in [0, 0.1) is 0 Å². The molecule has 0 amide bonds. The lowest BCUT2D eigenvalue weighted by Gasteiger charge is -2.12. The summed E-state index contributed by atoms with van der Waals surface area (Å²) in [7, 11) is 1.43. The Bertz CT molecular complexity index is 336. The Morgan fingerprint density at radius 3 is 2.56 bits per heavy atom. The summed E-state index contributed by atoms with van der Waals surface area (Å²) in [5.41, 5.74) is 0.867. The van der Waals surface area contributed by atoms with Crippen LogP contribution in [0.5, 0.6) is 0 Å². The van der Waals surface area contributed by atoms with Gasteiger partial charge in [-0.05, 0) is 17.7 Å². The van der Waals surface area contributed by atoms with Gasteiger partial charge in [0.05, 0.1) is 13.2 Å². The zero-order valence-corrected chi connectivity index (χ0v) is 9.61. The van der Waals surface area contributed by atoms with E-state index in [1.807, 2.05) is 0 Å². The molecule has 1 aromatic rings. The van der Waals surface area contributed by atoms with Gasteiger partial charge in [-0.1, -0.05) is 23.7 Å². The van der Waals surface area contributed by atoms with E-state index in [9.17, 15) is 4.79 Å². The van der Waals surface area contributed by atoms with Crippen LogP contribution >= 0.6 is 11.6 Å². The van der Waals surface area contributed by atoms with E-state index < -0.39 is 12.1 Å². The molecular weight excluding hydrogens is 232 g/mol. The molecule has 1 N–H and O–H groups in total. The fourth-order valence-electron chi connectivity index (χ4n) is 1.12. The zero-order chi connectivity index (χ0) is 12.0. The summed E-state index contributed by atoms with van der Waals surface area (Å²) in [5, 5.41) is 9.44. The van der Waals surface area contributed by atoms with Gasteiger partial charge in [0.25, 0.3) is 0 Å². The summed E-state index contributed by atoms with van der Waals surface area (Å²) in [6.07, 6.45) is -0.944. The van der Waals surface area contributed by atoms with E-state index in [2.05, 4.69) is 0 Å². The maximum absolute atomic E-state index is 10.7. The molecule has 1 atom stereocenters. The van der Waals surface area contributed by atoms with Crippen molar-refractivity contribution >= 4 is 17.6 Å². The van der Waals surface area contributed by atoms with Crippen LogP contribution in [0.2, 0.25) is 5.02 Å². The molecule has 0 aliphatic heterocycles. The minimum atomic E-state index is -1.03. The molecule has 0 spiro atoms. The predicted molar refractivity (Wildman–Crippen MR) is 59.5 cm³/mol. The summed E-state index contributed by atoms with van der Waals surface area (Å²) < 4.78 is 9.95. The van der Waals surface area contributed by atoms with Gasteiger partial charge >= 0.3 is 5.97 Å². The molecule has 88 valence electrons. The third kappa shape index (κ3) is 4.18. The lowest BCUT2D eigenvalue weighted by Crippen LogP contribution is -2.28. The normalized spacial score (nSPS) is 12.4. The van der Waals surface area contributed by atoms with Gasteiger partial charge in [0.15, 0.2) is 6.10 Å². The fraction of sp³-hybridized carbons (Fsp3) is 0.364. The van der Waals surface area contributed by atoms with Crippen LogP contribution in [-0.4, -0.2) is 30.9 Å². The highest BCUT2D eigenvalue weighted by Crippen LogP contribution is 2.11. The second kappa shape index (κ2) is 6.48. The first-order valence-corrected chi connectivity index (χ1v) is 5.09. The molecule has 0 radical (unpaired) electrons. The van der Waals surface area contributed by atoms with Crippen LogP contribution in [0.3, 0.4) is 0 Å². The van der Waals surface area contributed by atoms with Crippen molar-refractivity contribution in [2.75, 3.05) is 13.7 Å². The second-order valence-electron chi connectivity index (χ2n) is 3.22. The number of rotatable bonds is 6. The number of aliphatic carboxylic acids is 1. The van der Waals surface area contributed by atoms with Gasteiger partial charge in [0, 0.05) is 12.1 Å². The summed E-state index contributed by atoms with van der Waals surface area (Å²) in [6.45, 7) is 0.250. The number of carboxylic acid groups (broad SMARTS) is 1. The Morgan fingerprint density at radius 2 is 2.06 bits per heavy atom. The standard InChI is InChI=1S/C11H13ClO4/c1-15-7-10(11(13)14)16-6-8-2-4-9(12)5-3-8/h2-5,10H,6-7H2,1H3,(H,13,14). The van der Waals surface area contributed by atoms with Crippen molar-refractivity contribution < 1.29 is 19.4 Å². The number of methoxy groups -OCH3 is 1. The Labute approximate surface area is 98.7 Å². The first-order chi connectivity index (χ1) is 7.63. The van der Waals surface area contributed by atoms with E-state index in [0.717, 1.165) is 5.56 Å². The van der Waals surface area contributed by atoms with Crippen LogP contribution in [0.15, 0.2) is 24.3 Å². The summed E-state index contributed by atoms with van der Waals surface area (Å²) in [5.74, 6) is -1.03. The lowest BCUT2D eigenvalue weighted by molar-refractivity contribution is -0.154. The van der Waals surface area contributed by atoms with Crippen LogP contribution in [0.4, 0.5) is 0 Å². The van der Waals surface area contributed by atoms with Crippen molar-refractivity contribution in [2.24, 2.45) is 0 Å². The largest absolute Gasteiger partial charge is 0.479 e. The molecule has 1 aromatic carbocycles. The third-order valence-electron chi connectivity index (χ3n) is 1.96. The Hall–Kier alpha value is -1.10. The van der Waals surface area contributed by atoms with E-state index in [-0.39, 0.29) is 13.2 Å². The Kier molecular flexibility index (Phi) is 5.25. The van der Waals surface area contributed by atoms with Gasteiger partial charge in [-0.25, -0.2) is 4.79 Å². The molecule has 16 heavy (non-hydrogen) atoms. The molecule has 0 fully saturated rings. The van der Waals surface area contributed by atoms with E-state index in [1.54, 1.807) is 24.3 Å². The molecule has 0 bridgehead atoms. The summed E-state index contributed by atoms with van der Waals surface area (Å²) >= 11 is 5.72. The minimum Gasteiger partial charge on any atom is -0.479 e. The molecule has 0 aliphatic rings. The van der Waals surface area contributed by atoms with Crippen LogP contribution < -0.4 is 0 Å². The molecule has 0 aliphatic carbocycles. The first kappa shape index (κ1) is 13.0. The topological polar surface area (TPSA) is 55.8 Å². The average Bonchev–Trinajstić information content (AvgIpc) is 2.26. The quantitative estimate of drug-likeness (QED) is 0.831. The lowest BCUT2D eigenvalue weighted by atomic mass is 10.2. The number of carboxylic acids is 1. The van der Waals surface area contributed by atoms with Crippen molar-refractivity contribution in [1.82, 2.24) is 0 Å². The van der Waals surface area contributed by atoms with E-state index in [0.29, 0.717) is 5.02 Å². The molecule has 5 heteroatoms. The monoisotopic (exact) mass is 244 g/mol. The van der Waals surface area contributed by atoms with Gasteiger partial charge < -0.3 is 14.6 Å². The van der Waals surface area contributed by atoms with Gasteiger partial charge in [0.1, 0.15) is 0 Å². The van der Waals surface area contributed by atoms with Crippen molar-refractivity contribution in [3.63, 3.8) is 0 Å². The fourth-order valence-corrected chi connectivity index (χ4v) is 1.25. The van der Waals surface area contributed by atoms with Crippen molar-refractivity contribution in [1.29, 1.82) is 0 Å². The molecular formula is C11H13ClO4.